The van der Waals surface area contributed by atoms with Gasteiger partial charge in [0, 0.05) is 0 Å². The van der Waals surface area contributed by atoms with E-state index in [4.69, 9.17) is 0 Å². The summed E-state index contributed by atoms with van der Waals surface area (Å²) in [5, 5.41) is 13.8. The van der Waals surface area contributed by atoms with Crippen LogP contribution in [0.5, 0.6) is 0 Å². The van der Waals surface area contributed by atoms with Crippen LogP contribution in [-0.2, 0) is 11.8 Å². The molecule has 0 aliphatic heterocycles. The van der Waals surface area contributed by atoms with Crippen molar-refractivity contribution in [2.24, 2.45) is 0 Å². The maximum absolute atomic E-state index is 10.2. The van der Waals surface area contributed by atoms with Crippen LogP contribution in [0.25, 0.3) is 11.1 Å². The average molecular weight is 367 g/mol. The minimum Gasteiger partial charge on any atom is -0.317 e. The topological polar surface area (TPSA) is 35.8 Å². The fourth-order valence-electron chi connectivity index (χ4n) is 4.44. The molecule has 0 aromatic heterocycles. The summed E-state index contributed by atoms with van der Waals surface area (Å²) in [6, 6.07) is 30.1. The predicted octanol–water partition coefficient (Wildman–Crippen LogP) is 5.48. The Morgan fingerprint density at radius 3 is 1.93 bits per heavy atom. The maximum atomic E-state index is 10.2. The Hall–Kier alpha value is -2.89. The van der Waals surface area contributed by atoms with E-state index in [2.05, 4.69) is 90.2 Å². The fourth-order valence-corrected chi connectivity index (χ4v) is 4.44. The van der Waals surface area contributed by atoms with Gasteiger partial charge in [-0.15, -0.1) is 0 Å². The van der Waals surface area contributed by atoms with Gasteiger partial charge in [-0.1, -0.05) is 78.9 Å². The molecule has 28 heavy (non-hydrogen) atoms. The van der Waals surface area contributed by atoms with Crippen LogP contribution in [-0.4, -0.2) is 13.1 Å². The van der Waals surface area contributed by atoms with Crippen molar-refractivity contribution in [1.29, 1.82) is 5.26 Å². The second-order valence-electron chi connectivity index (χ2n) is 7.55. The standard InChI is InChI=1S/C26H26N2/c27-20-26(17-9-19-28-18-8-12-21-10-2-1-3-11-21)24-15-6-4-13-22(24)23-14-5-7-16-25(23)26/h1-7,10-11,13-16,28H,8-9,12,17-19H2. The van der Waals surface area contributed by atoms with Crippen molar-refractivity contribution in [3.05, 3.63) is 95.6 Å². The van der Waals surface area contributed by atoms with Crippen LogP contribution in [0.1, 0.15) is 36.0 Å². The van der Waals surface area contributed by atoms with Gasteiger partial charge < -0.3 is 5.32 Å². The van der Waals surface area contributed by atoms with E-state index < -0.39 is 5.41 Å². The number of hydrogen-bond acceptors (Lipinski definition) is 2. The summed E-state index contributed by atoms with van der Waals surface area (Å²) < 4.78 is 0. The molecule has 0 atom stereocenters. The number of hydrogen-bond donors (Lipinski definition) is 1. The molecule has 2 heteroatoms. The highest BCUT2D eigenvalue weighted by molar-refractivity contribution is 5.82. The summed E-state index contributed by atoms with van der Waals surface area (Å²) in [5.41, 5.74) is 5.65. The Labute approximate surface area is 167 Å². The van der Waals surface area contributed by atoms with Gasteiger partial charge in [0.1, 0.15) is 5.41 Å². The van der Waals surface area contributed by atoms with Gasteiger partial charge in [0.25, 0.3) is 0 Å². The van der Waals surface area contributed by atoms with Crippen LogP contribution >= 0.6 is 0 Å². The molecular formula is C26H26N2. The van der Waals surface area contributed by atoms with Crippen molar-refractivity contribution >= 4 is 0 Å². The molecule has 1 aliphatic rings. The zero-order valence-corrected chi connectivity index (χ0v) is 16.2. The van der Waals surface area contributed by atoms with E-state index >= 15 is 0 Å². The number of nitrogens with one attached hydrogen (secondary N) is 1. The highest BCUT2D eigenvalue weighted by Crippen LogP contribution is 2.50. The van der Waals surface area contributed by atoms with Crippen molar-refractivity contribution in [2.75, 3.05) is 13.1 Å². The minimum absolute atomic E-state index is 0.515. The number of nitrogens with zero attached hydrogens (tertiary/aromatic N) is 1. The molecule has 140 valence electrons. The molecule has 3 aromatic carbocycles. The zero-order valence-electron chi connectivity index (χ0n) is 16.2. The smallest absolute Gasteiger partial charge is 0.108 e. The van der Waals surface area contributed by atoms with E-state index in [-0.39, 0.29) is 0 Å². The number of nitriles is 1. The van der Waals surface area contributed by atoms with E-state index in [1.807, 2.05) is 0 Å². The van der Waals surface area contributed by atoms with E-state index in [1.54, 1.807) is 0 Å². The third-order valence-corrected chi connectivity index (χ3v) is 5.82. The molecule has 2 nitrogen and oxygen atoms in total. The van der Waals surface area contributed by atoms with E-state index in [9.17, 15) is 5.26 Å². The second kappa shape index (κ2) is 8.42. The lowest BCUT2D eigenvalue weighted by atomic mass is 9.76. The molecule has 1 N–H and O–H groups in total. The van der Waals surface area contributed by atoms with Gasteiger partial charge in [0.15, 0.2) is 0 Å². The molecule has 0 bridgehead atoms. The Bertz CT molecular complexity index is 923. The molecule has 0 unspecified atom stereocenters. The Kier molecular flexibility index (Phi) is 5.55. The van der Waals surface area contributed by atoms with Crippen molar-refractivity contribution in [1.82, 2.24) is 5.32 Å². The van der Waals surface area contributed by atoms with Crippen molar-refractivity contribution in [3.8, 4) is 17.2 Å². The lowest BCUT2D eigenvalue weighted by Crippen LogP contribution is -2.26. The molecule has 0 fully saturated rings. The van der Waals surface area contributed by atoms with Gasteiger partial charge in [-0.3, -0.25) is 0 Å². The Balaban J connectivity index is 1.35. The fraction of sp³-hybridized carbons (Fsp3) is 0.269. The van der Waals surface area contributed by atoms with Crippen molar-refractivity contribution in [2.45, 2.75) is 31.1 Å². The number of fused-ring (bicyclic) bond motifs is 3. The van der Waals surface area contributed by atoms with Crippen LogP contribution in [0.4, 0.5) is 0 Å². The summed E-state index contributed by atoms with van der Waals surface area (Å²) >= 11 is 0. The van der Waals surface area contributed by atoms with E-state index in [0.717, 1.165) is 38.8 Å². The molecule has 3 aromatic rings. The molecule has 0 heterocycles. The van der Waals surface area contributed by atoms with Crippen LogP contribution in [0.3, 0.4) is 0 Å². The van der Waals surface area contributed by atoms with Gasteiger partial charge in [0.05, 0.1) is 6.07 Å². The summed E-state index contributed by atoms with van der Waals surface area (Å²) in [5.74, 6) is 0. The van der Waals surface area contributed by atoms with Gasteiger partial charge in [-0.05, 0) is 66.6 Å². The van der Waals surface area contributed by atoms with Gasteiger partial charge >= 0.3 is 0 Å². The second-order valence-corrected chi connectivity index (χ2v) is 7.55. The minimum atomic E-state index is -0.515. The number of benzene rings is 3. The molecule has 4 rings (SSSR count). The molecule has 0 spiro atoms. The van der Waals surface area contributed by atoms with Crippen molar-refractivity contribution in [3.63, 3.8) is 0 Å². The van der Waals surface area contributed by atoms with Crippen LogP contribution in [0.2, 0.25) is 0 Å². The zero-order chi connectivity index (χ0) is 19.2. The molecule has 0 saturated carbocycles. The number of aryl methyl sites for hydroxylation is 1. The van der Waals surface area contributed by atoms with Crippen LogP contribution in [0.15, 0.2) is 78.9 Å². The summed E-state index contributed by atoms with van der Waals surface area (Å²) in [4.78, 5) is 0. The van der Waals surface area contributed by atoms with E-state index in [0.29, 0.717) is 0 Å². The Morgan fingerprint density at radius 2 is 1.29 bits per heavy atom. The molecule has 0 radical (unpaired) electrons. The van der Waals surface area contributed by atoms with Gasteiger partial charge in [-0.2, -0.15) is 5.26 Å². The predicted molar refractivity (Wildman–Crippen MR) is 115 cm³/mol. The molecular weight excluding hydrogens is 340 g/mol. The maximum Gasteiger partial charge on any atom is 0.108 e. The first kappa shape index (κ1) is 18.5. The summed E-state index contributed by atoms with van der Waals surface area (Å²) in [6.07, 6.45) is 4.08. The largest absolute Gasteiger partial charge is 0.317 e. The first-order chi connectivity index (χ1) is 13.8. The molecule has 0 saturated heterocycles. The summed E-state index contributed by atoms with van der Waals surface area (Å²) in [6.45, 7) is 1.96. The van der Waals surface area contributed by atoms with Crippen molar-refractivity contribution < 1.29 is 0 Å². The van der Waals surface area contributed by atoms with E-state index in [1.165, 1.54) is 27.8 Å². The summed E-state index contributed by atoms with van der Waals surface area (Å²) in [7, 11) is 0. The average Bonchev–Trinajstić information content (AvgIpc) is 3.04. The highest BCUT2D eigenvalue weighted by Gasteiger charge is 2.42. The number of rotatable bonds is 8. The quantitative estimate of drug-likeness (QED) is 0.536. The SMILES string of the molecule is N#CC1(CCCNCCCc2ccccc2)c2ccccc2-c2ccccc21. The van der Waals surface area contributed by atoms with Gasteiger partial charge in [-0.25, -0.2) is 0 Å². The Morgan fingerprint density at radius 1 is 0.714 bits per heavy atom. The van der Waals surface area contributed by atoms with Crippen LogP contribution in [0, 0.1) is 11.3 Å². The highest BCUT2D eigenvalue weighted by atomic mass is 14.8. The van der Waals surface area contributed by atoms with Crippen LogP contribution < -0.4 is 5.32 Å². The normalized spacial score (nSPS) is 13.5. The lowest BCUT2D eigenvalue weighted by molar-refractivity contribution is 0.535. The van der Waals surface area contributed by atoms with Gasteiger partial charge in [0.2, 0.25) is 0 Å². The lowest BCUT2D eigenvalue weighted by Gasteiger charge is -2.24. The first-order valence-electron chi connectivity index (χ1n) is 10.2. The first-order valence-corrected chi connectivity index (χ1v) is 10.2. The molecule has 0 amide bonds. The third kappa shape index (κ3) is 3.46. The monoisotopic (exact) mass is 366 g/mol. The molecule has 1 aliphatic carbocycles. The third-order valence-electron chi connectivity index (χ3n) is 5.82.